The van der Waals surface area contributed by atoms with Gasteiger partial charge in [0.1, 0.15) is 11.8 Å². The Labute approximate surface area is 110 Å². The Hall–Kier alpha value is -1.52. The highest BCUT2D eigenvalue weighted by Crippen LogP contribution is 2.24. The van der Waals surface area contributed by atoms with Gasteiger partial charge in [0.15, 0.2) is 0 Å². The first-order valence-electron chi connectivity index (χ1n) is 5.22. The largest absolute Gasteiger partial charge is 0.492 e. The molecule has 0 saturated heterocycles. The minimum atomic E-state index is -0.401. The van der Waals surface area contributed by atoms with Crippen LogP contribution in [-0.4, -0.2) is 6.61 Å². The standard InChI is InChI=1S/C13H13BrN2O/c1-13(2,9-16)5-6-17-12-4-3-11(14)7-10(12)8-15/h3-4,7H,5-6H2,1-2H3. The molecule has 0 aliphatic rings. The molecular weight excluding hydrogens is 280 g/mol. The zero-order valence-electron chi connectivity index (χ0n) is 9.83. The molecule has 1 rings (SSSR count). The molecule has 88 valence electrons. The van der Waals surface area contributed by atoms with E-state index < -0.39 is 5.41 Å². The van der Waals surface area contributed by atoms with Crippen molar-refractivity contribution in [2.45, 2.75) is 20.3 Å². The summed E-state index contributed by atoms with van der Waals surface area (Å²) >= 11 is 3.30. The van der Waals surface area contributed by atoms with Gasteiger partial charge in [-0.25, -0.2) is 0 Å². The molecule has 3 nitrogen and oxygen atoms in total. The Balaban J connectivity index is 2.66. The lowest BCUT2D eigenvalue weighted by atomic mass is 9.92. The average Bonchev–Trinajstić information content (AvgIpc) is 2.30. The molecular formula is C13H13BrN2O. The Morgan fingerprint density at radius 2 is 2.06 bits per heavy atom. The third kappa shape index (κ3) is 4.09. The topological polar surface area (TPSA) is 56.8 Å². The minimum Gasteiger partial charge on any atom is -0.492 e. The van der Waals surface area contributed by atoms with Gasteiger partial charge < -0.3 is 4.74 Å². The summed E-state index contributed by atoms with van der Waals surface area (Å²) in [5, 5.41) is 17.8. The maximum Gasteiger partial charge on any atom is 0.137 e. The maximum atomic E-state index is 8.95. The van der Waals surface area contributed by atoms with Crippen LogP contribution >= 0.6 is 15.9 Å². The van der Waals surface area contributed by atoms with Crippen molar-refractivity contribution in [1.82, 2.24) is 0 Å². The van der Waals surface area contributed by atoms with E-state index in [1.165, 1.54) is 0 Å². The van der Waals surface area contributed by atoms with Crippen LogP contribution in [0.1, 0.15) is 25.8 Å². The second kappa shape index (κ2) is 5.70. The summed E-state index contributed by atoms with van der Waals surface area (Å²) in [4.78, 5) is 0. The lowest BCUT2D eigenvalue weighted by molar-refractivity contribution is 0.264. The van der Waals surface area contributed by atoms with Gasteiger partial charge in [0.2, 0.25) is 0 Å². The van der Waals surface area contributed by atoms with Crippen molar-refractivity contribution in [3.63, 3.8) is 0 Å². The van der Waals surface area contributed by atoms with E-state index in [2.05, 4.69) is 28.1 Å². The van der Waals surface area contributed by atoms with Crippen LogP contribution in [0.5, 0.6) is 5.75 Å². The van der Waals surface area contributed by atoms with Crippen LogP contribution in [-0.2, 0) is 0 Å². The van der Waals surface area contributed by atoms with Gasteiger partial charge >= 0.3 is 0 Å². The van der Waals surface area contributed by atoms with Gasteiger partial charge in [0, 0.05) is 4.47 Å². The van der Waals surface area contributed by atoms with E-state index in [1.807, 2.05) is 19.9 Å². The minimum absolute atomic E-state index is 0.401. The van der Waals surface area contributed by atoms with Crippen LogP contribution < -0.4 is 4.74 Å². The van der Waals surface area contributed by atoms with Gasteiger partial charge in [-0.15, -0.1) is 0 Å². The summed E-state index contributed by atoms with van der Waals surface area (Å²) in [6.07, 6.45) is 0.629. The number of nitrogens with zero attached hydrogens (tertiary/aromatic N) is 2. The Morgan fingerprint density at radius 3 is 2.65 bits per heavy atom. The first kappa shape index (κ1) is 13.5. The number of ether oxygens (including phenoxy) is 1. The van der Waals surface area contributed by atoms with Crippen molar-refractivity contribution >= 4 is 15.9 Å². The Kier molecular flexibility index (Phi) is 4.54. The van der Waals surface area contributed by atoms with Crippen LogP contribution in [0.2, 0.25) is 0 Å². The number of benzene rings is 1. The number of hydrogen-bond donors (Lipinski definition) is 0. The second-order valence-corrected chi connectivity index (χ2v) is 5.26. The molecule has 0 radical (unpaired) electrons. The third-order valence-electron chi connectivity index (χ3n) is 2.35. The van der Waals surface area contributed by atoms with E-state index in [-0.39, 0.29) is 0 Å². The van der Waals surface area contributed by atoms with Crippen LogP contribution in [0.25, 0.3) is 0 Å². The van der Waals surface area contributed by atoms with Crippen molar-refractivity contribution in [2.24, 2.45) is 5.41 Å². The van der Waals surface area contributed by atoms with E-state index >= 15 is 0 Å². The Morgan fingerprint density at radius 1 is 1.35 bits per heavy atom. The Bertz CT molecular complexity index is 483. The number of nitriles is 2. The maximum absolute atomic E-state index is 8.95. The molecule has 0 unspecified atom stereocenters. The van der Waals surface area contributed by atoms with E-state index in [4.69, 9.17) is 15.3 Å². The van der Waals surface area contributed by atoms with Gasteiger partial charge in [-0.1, -0.05) is 15.9 Å². The third-order valence-corrected chi connectivity index (χ3v) is 2.84. The van der Waals surface area contributed by atoms with Crippen LogP contribution in [0.4, 0.5) is 0 Å². The fraction of sp³-hybridized carbons (Fsp3) is 0.385. The SMILES string of the molecule is CC(C)(C#N)CCOc1ccc(Br)cc1C#N. The van der Waals surface area contributed by atoms with Crippen LogP contribution in [0.3, 0.4) is 0 Å². The van der Waals surface area contributed by atoms with Crippen molar-refractivity contribution in [2.75, 3.05) is 6.61 Å². The fourth-order valence-corrected chi connectivity index (χ4v) is 1.55. The quantitative estimate of drug-likeness (QED) is 0.851. The summed E-state index contributed by atoms with van der Waals surface area (Å²) in [6, 6.07) is 9.58. The molecule has 0 aliphatic heterocycles. The summed E-state index contributed by atoms with van der Waals surface area (Å²) in [5.41, 5.74) is 0.0939. The molecule has 0 saturated carbocycles. The van der Waals surface area contributed by atoms with E-state index in [0.717, 1.165) is 4.47 Å². The van der Waals surface area contributed by atoms with Crippen molar-refractivity contribution < 1.29 is 4.74 Å². The van der Waals surface area contributed by atoms with E-state index in [0.29, 0.717) is 24.3 Å². The zero-order valence-corrected chi connectivity index (χ0v) is 11.4. The monoisotopic (exact) mass is 292 g/mol. The highest BCUT2D eigenvalue weighted by Gasteiger charge is 2.16. The van der Waals surface area contributed by atoms with E-state index in [9.17, 15) is 0 Å². The molecule has 0 aromatic heterocycles. The summed E-state index contributed by atoms with van der Waals surface area (Å²) in [6.45, 7) is 4.16. The first-order valence-corrected chi connectivity index (χ1v) is 6.01. The molecule has 0 atom stereocenters. The van der Waals surface area contributed by atoms with Crippen molar-refractivity contribution in [3.05, 3.63) is 28.2 Å². The van der Waals surface area contributed by atoms with Crippen LogP contribution in [0.15, 0.2) is 22.7 Å². The molecule has 1 aromatic carbocycles. The lowest BCUT2D eigenvalue weighted by Gasteiger charge is -2.15. The molecule has 17 heavy (non-hydrogen) atoms. The van der Waals surface area contributed by atoms with Gasteiger partial charge in [0.05, 0.1) is 23.7 Å². The molecule has 0 spiro atoms. The summed E-state index contributed by atoms with van der Waals surface area (Å²) in [7, 11) is 0. The highest BCUT2D eigenvalue weighted by molar-refractivity contribution is 9.10. The number of hydrogen-bond acceptors (Lipinski definition) is 3. The fourth-order valence-electron chi connectivity index (χ4n) is 1.19. The molecule has 4 heteroatoms. The van der Waals surface area contributed by atoms with Gasteiger partial charge in [0.25, 0.3) is 0 Å². The predicted octanol–water partition coefficient (Wildman–Crippen LogP) is 3.64. The number of halogens is 1. The van der Waals surface area contributed by atoms with Gasteiger partial charge in [-0.2, -0.15) is 10.5 Å². The molecule has 0 fully saturated rings. The van der Waals surface area contributed by atoms with Crippen LogP contribution in [0, 0.1) is 28.1 Å². The lowest BCUT2D eigenvalue weighted by Crippen LogP contribution is -2.13. The summed E-state index contributed by atoms with van der Waals surface area (Å²) in [5.74, 6) is 0.560. The second-order valence-electron chi connectivity index (χ2n) is 4.35. The zero-order chi connectivity index (χ0) is 12.9. The normalized spacial score (nSPS) is 10.4. The van der Waals surface area contributed by atoms with Crippen molar-refractivity contribution in [3.8, 4) is 17.9 Å². The van der Waals surface area contributed by atoms with Gasteiger partial charge in [-0.3, -0.25) is 0 Å². The highest BCUT2D eigenvalue weighted by atomic mass is 79.9. The molecule has 1 aromatic rings. The van der Waals surface area contributed by atoms with Gasteiger partial charge in [-0.05, 0) is 38.5 Å². The number of rotatable bonds is 4. The molecule has 0 N–H and O–H groups in total. The molecule has 0 aliphatic carbocycles. The predicted molar refractivity (Wildman–Crippen MR) is 68.4 cm³/mol. The average molecular weight is 293 g/mol. The first-order chi connectivity index (χ1) is 7.98. The smallest absolute Gasteiger partial charge is 0.137 e. The molecule has 0 amide bonds. The van der Waals surface area contributed by atoms with E-state index in [1.54, 1.807) is 12.1 Å². The molecule has 0 heterocycles. The summed E-state index contributed by atoms with van der Waals surface area (Å²) < 4.78 is 6.37. The van der Waals surface area contributed by atoms with Crippen molar-refractivity contribution in [1.29, 1.82) is 10.5 Å². The molecule has 0 bridgehead atoms.